The van der Waals surface area contributed by atoms with Crippen LogP contribution in [-0.2, 0) is 15.8 Å². The monoisotopic (exact) mass is 303 g/mol. The topological polar surface area (TPSA) is 84.2 Å². The van der Waals surface area contributed by atoms with Gasteiger partial charge in [-0.1, -0.05) is 6.92 Å². The summed E-state index contributed by atoms with van der Waals surface area (Å²) >= 11 is 0. The van der Waals surface area contributed by atoms with Crippen molar-refractivity contribution >= 4 is 23.2 Å². The van der Waals surface area contributed by atoms with E-state index >= 15 is 0 Å². The Kier molecular flexibility index (Phi) is 5.31. The number of benzene rings is 1. The summed E-state index contributed by atoms with van der Waals surface area (Å²) in [4.78, 5) is 22.5. The second-order valence-corrected chi connectivity index (χ2v) is 4.57. The van der Waals surface area contributed by atoms with E-state index in [-0.39, 0.29) is 17.9 Å². The molecule has 0 aromatic heterocycles. The first-order chi connectivity index (χ1) is 9.65. The molecule has 1 unspecified atom stereocenters. The second kappa shape index (κ2) is 6.57. The van der Waals surface area contributed by atoms with Gasteiger partial charge in [0.15, 0.2) is 0 Å². The van der Waals surface area contributed by atoms with E-state index in [1.165, 1.54) is 19.9 Å². The van der Waals surface area contributed by atoms with Gasteiger partial charge in [-0.3, -0.25) is 9.59 Å². The number of halogens is 3. The molecule has 5 nitrogen and oxygen atoms in total. The number of nitrogens with one attached hydrogen (secondary N) is 2. The molecule has 0 spiro atoms. The number of anilines is 2. The highest BCUT2D eigenvalue weighted by Crippen LogP contribution is 2.36. The van der Waals surface area contributed by atoms with Crippen molar-refractivity contribution in [2.24, 2.45) is 11.7 Å². The van der Waals surface area contributed by atoms with Gasteiger partial charge in [0.2, 0.25) is 11.8 Å². The van der Waals surface area contributed by atoms with Crippen molar-refractivity contribution in [1.29, 1.82) is 0 Å². The normalized spacial score (nSPS) is 12.7. The molecule has 0 aliphatic heterocycles. The smallest absolute Gasteiger partial charge is 0.330 e. The molecule has 1 rings (SSSR count). The van der Waals surface area contributed by atoms with E-state index in [0.717, 1.165) is 12.1 Å². The van der Waals surface area contributed by atoms with Gasteiger partial charge in [0.1, 0.15) is 0 Å². The maximum atomic E-state index is 13.0. The minimum atomic E-state index is -4.66. The average Bonchev–Trinajstić information content (AvgIpc) is 2.37. The van der Waals surface area contributed by atoms with E-state index in [1.54, 1.807) is 0 Å². The molecule has 0 saturated carbocycles. The highest BCUT2D eigenvalue weighted by atomic mass is 19.4. The average molecular weight is 303 g/mol. The van der Waals surface area contributed by atoms with Crippen molar-refractivity contribution in [3.63, 3.8) is 0 Å². The molecule has 116 valence electrons. The first-order valence-corrected chi connectivity index (χ1v) is 6.15. The van der Waals surface area contributed by atoms with Crippen molar-refractivity contribution in [3.8, 4) is 0 Å². The van der Waals surface area contributed by atoms with Gasteiger partial charge in [0.25, 0.3) is 0 Å². The van der Waals surface area contributed by atoms with Crippen LogP contribution in [0.15, 0.2) is 18.2 Å². The van der Waals surface area contributed by atoms with Crippen LogP contribution in [0.25, 0.3) is 0 Å². The fourth-order valence-corrected chi connectivity index (χ4v) is 1.53. The minimum Gasteiger partial charge on any atom is -0.330 e. The molecule has 0 saturated heterocycles. The van der Waals surface area contributed by atoms with E-state index in [4.69, 9.17) is 5.73 Å². The molecule has 0 fully saturated rings. The Morgan fingerprint density at radius 3 is 2.38 bits per heavy atom. The van der Waals surface area contributed by atoms with Crippen LogP contribution < -0.4 is 16.4 Å². The van der Waals surface area contributed by atoms with Gasteiger partial charge >= 0.3 is 6.18 Å². The predicted octanol–water partition coefficient (Wildman–Crippen LogP) is 2.20. The van der Waals surface area contributed by atoms with Gasteiger partial charge in [-0.05, 0) is 18.2 Å². The molecule has 1 aromatic carbocycles. The van der Waals surface area contributed by atoms with Crippen LogP contribution in [0.3, 0.4) is 0 Å². The number of carbonyl (C=O) groups is 2. The lowest BCUT2D eigenvalue weighted by Crippen LogP contribution is -2.27. The summed E-state index contributed by atoms with van der Waals surface area (Å²) in [6.07, 6.45) is -4.66. The van der Waals surface area contributed by atoms with E-state index in [0.29, 0.717) is 0 Å². The van der Waals surface area contributed by atoms with Crippen molar-refractivity contribution in [3.05, 3.63) is 23.8 Å². The molecule has 0 aliphatic carbocycles. The standard InChI is InChI=1S/C13H16F3N3O2/c1-7(6-17)12(21)19-11-4-3-9(18-8(2)20)5-10(11)13(14,15)16/h3-5,7H,6,17H2,1-2H3,(H,18,20)(H,19,21). The number of alkyl halides is 3. The third-order valence-electron chi connectivity index (χ3n) is 2.70. The zero-order chi connectivity index (χ0) is 16.2. The number of rotatable bonds is 4. The Balaban J connectivity index is 3.14. The van der Waals surface area contributed by atoms with Crippen LogP contribution in [-0.4, -0.2) is 18.4 Å². The SMILES string of the molecule is CC(=O)Nc1ccc(NC(=O)C(C)CN)c(C(F)(F)F)c1. The van der Waals surface area contributed by atoms with Gasteiger partial charge in [-0.2, -0.15) is 13.2 Å². The summed E-state index contributed by atoms with van der Waals surface area (Å²) in [5.74, 6) is -1.70. The number of amides is 2. The first kappa shape index (κ1) is 17.0. The predicted molar refractivity (Wildman–Crippen MR) is 72.6 cm³/mol. The van der Waals surface area contributed by atoms with Gasteiger partial charge < -0.3 is 16.4 Å². The zero-order valence-electron chi connectivity index (χ0n) is 11.5. The largest absolute Gasteiger partial charge is 0.418 e. The van der Waals surface area contributed by atoms with Gasteiger partial charge in [0.05, 0.1) is 11.3 Å². The summed E-state index contributed by atoms with van der Waals surface area (Å²) in [5.41, 5.74) is 3.89. The van der Waals surface area contributed by atoms with Gasteiger partial charge in [0, 0.05) is 25.1 Å². The molecule has 8 heteroatoms. The van der Waals surface area contributed by atoms with Crippen LogP contribution in [0.1, 0.15) is 19.4 Å². The molecule has 0 heterocycles. The zero-order valence-corrected chi connectivity index (χ0v) is 11.5. The third-order valence-corrected chi connectivity index (χ3v) is 2.70. The molecule has 4 N–H and O–H groups in total. The number of hydrogen-bond donors (Lipinski definition) is 3. The highest BCUT2D eigenvalue weighted by molar-refractivity contribution is 5.94. The molecular formula is C13H16F3N3O2. The van der Waals surface area contributed by atoms with Crippen molar-refractivity contribution in [1.82, 2.24) is 0 Å². The lowest BCUT2D eigenvalue weighted by Gasteiger charge is -2.17. The molecule has 0 bridgehead atoms. The molecule has 0 radical (unpaired) electrons. The minimum absolute atomic E-state index is 0.000280. The fraction of sp³-hybridized carbons (Fsp3) is 0.385. The summed E-state index contributed by atoms with van der Waals surface area (Å²) in [6.45, 7) is 2.72. The molecular weight excluding hydrogens is 287 g/mol. The molecule has 1 atom stereocenters. The number of hydrogen-bond acceptors (Lipinski definition) is 3. The van der Waals surface area contributed by atoms with Crippen molar-refractivity contribution in [2.75, 3.05) is 17.2 Å². The Hall–Kier alpha value is -2.09. The Morgan fingerprint density at radius 1 is 1.29 bits per heavy atom. The highest BCUT2D eigenvalue weighted by Gasteiger charge is 2.34. The Labute approximate surface area is 119 Å². The third kappa shape index (κ3) is 4.75. The van der Waals surface area contributed by atoms with Gasteiger partial charge in [-0.25, -0.2) is 0 Å². The summed E-state index contributed by atoms with van der Waals surface area (Å²) in [5, 5.41) is 4.46. The Bertz CT molecular complexity index is 544. The van der Waals surface area contributed by atoms with E-state index < -0.39 is 29.5 Å². The molecule has 0 aliphatic rings. The van der Waals surface area contributed by atoms with Crippen LogP contribution in [0.4, 0.5) is 24.5 Å². The summed E-state index contributed by atoms with van der Waals surface area (Å²) in [7, 11) is 0. The first-order valence-electron chi connectivity index (χ1n) is 6.15. The number of carbonyl (C=O) groups excluding carboxylic acids is 2. The fourth-order valence-electron chi connectivity index (χ4n) is 1.53. The van der Waals surface area contributed by atoms with E-state index in [1.807, 2.05) is 0 Å². The number of nitrogens with two attached hydrogens (primary N) is 1. The van der Waals surface area contributed by atoms with Crippen LogP contribution in [0.2, 0.25) is 0 Å². The molecule has 1 aromatic rings. The van der Waals surface area contributed by atoms with E-state index in [9.17, 15) is 22.8 Å². The lowest BCUT2D eigenvalue weighted by molar-refractivity contribution is -0.137. The van der Waals surface area contributed by atoms with Gasteiger partial charge in [-0.15, -0.1) is 0 Å². The van der Waals surface area contributed by atoms with Crippen LogP contribution >= 0.6 is 0 Å². The lowest BCUT2D eigenvalue weighted by atomic mass is 10.1. The Morgan fingerprint density at radius 2 is 1.90 bits per heavy atom. The quantitative estimate of drug-likeness (QED) is 0.797. The van der Waals surface area contributed by atoms with Crippen LogP contribution in [0.5, 0.6) is 0 Å². The molecule has 2 amide bonds. The van der Waals surface area contributed by atoms with Crippen LogP contribution in [0, 0.1) is 5.92 Å². The summed E-state index contributed by atoms with van der Waals surface area (Å²) < 4.78 is 39.0. The second-order valence-electron chi connectivity index (χ2n) is 4.57. The van der Waals surface area contributed by atoms with Crippen molar-refractivity contribution in [2.45, 2.75) is 20.0 Å². The maximum Gasteiger partial charge on any atom is 0.418 e. The maximum absolute atomic E-state index is 13.0. The summed E-state index contributed by atoms with van der Waals surface area (Å²) in [6, 6.07) is 3.14. The molecule has 21 heavy (non-hydrogen) atoms. The van der Waals surface area contributed by atoms with Crippen molar-refractivity contribution < 1.29 is 22.8 Å². The van der Waals surface area contributed by atoms with E-state index in [2.05, 4.69) is 10.6 Å².